The summed E-state index contributed by atoms with van der Waals surface area (Å²) in [5.41, 5.74) is 5.37. The van der Waals surface area contributed by atoms with Crippen molar-refractivity contribution in [2.24, 2.45) is 0 Å². The summed E-state index contributed by atoms with van der Waals surface area (Å²) in [5, 5.41) is 2.51. The van der Waals surface area contributed by atoms with Gasteiger partial charge in [-0.2, -0.15) is 0 Å². The van der Waals surface area contributed by atoms with Gasteiger partial charge in [0, 0.05) is 25.1 Å². The number of carbonyl (C=O) groups excluding carboxylic acids is 1. The first-order chi connectivity index (χ1) is 7.50. The van der Waals surface area contributed by atoms with Crippen LogP contribution in [0.1, 0.15) is 12.5 Å². The summed E-state index contributed by atoms with van der Waals surface area (Å²) in [7, 11) is 0. The van der Waals surface area contributed by atoms with E-state index in [-0.39, 0.29) is 23.7 Å². The normalized spacial score (nSPS) is 10.7. The molecule has 3 nitrogen and oxygen atoms in total. The van der Waals surface area contributed by atoms with Crippen molar-refractivity contribution in [1.82, 2.24) is 5.32 Å². The summed E-state index contributed by atoms with van der Waals surface area (Å²) in [4.78, 5) is 10.5. The molecule has 0 fully saturated rings. The standard InChI is InChI=1S/C11H12F2N2O/c1-7(16)15-4-2-3-8-5-11(14)10(13)6-9(8)12/h2-3,5-6H,4,14H2,1H3,(H,15,16). The van der Waals surface area contributed by atoms with E-state index < -0.39 is 11.6 Å². The van der Waals surface area contributed by atoms with Crippen LogP contribution in [0.4, 0.5) is 14.5 Å². The van der Waals surface area contributed by atoms with E-state index in [9.17, 15) is 13.6 Å². The van der Waals surface area contributed by atoms with Crippen LogP contribution in [0.25, 0.3) is 6.08 Å². The highest BCUT2D eigenvalue weighted by molar-refractivity contribution is 5.73. The molecule has 0 unspecified atom stereocenters. The quantitative estimate of drug-likeness (QED) is 0.771. The second kappa shape index (κ2) is 5.25. The van der Waals surface area contributed by atoms with Gasteiger partial charge in [-0.25, -0.2) is 8.78 Å². The Balaban J connectivity index is 2.73. The lowest BCUT2D eigenvalue weighted by Gasteiger charge is -2.01. The lowest BCUT2D eigenvalue weighted by Crippen LogP contribution is -2.19. The number of amides is 1. The van der Waals surface area contributed by atoms with E-state index >= 15 is 0 Å². The minimum atomic E-state index is -0.781. The van der Waals surface area contributed by atoms with Gasteiger partial charge in [-0.15, -0.1) is 0 Å². The van der Waals surface area contributed by atoms with Gasteiger partial charge in [0.25, 0.3) is 0 Å². The fourth-order valence-corrected chi connectivity index (χ4v) is 1.10. The van der Waals surface area contributed by atoms with Crippen LogP contribution in [0.5, 0.6) is 0 Å². The monoisotopic (exact) mass is 226 g/mol. The highest BCUT2D eigenvalue weighted by Gasteiger charge is 2.04. The van der Waals surface area contributed by atoms with Crippen LogP contribution in [-0.4, -0.2) is 12.5 Å². The Morgan fingerprint density at radius 1 is 1.44 bits per heavy atom. The first kappa shape index (κ1) is 12.2. The summed E-state index contributed by atoms with van der Waals surface area (Å²) in [6.07, 6.45) is 2.98. The van der Waals surface area contributed by atoms with Gasteiger partial charge in [0.05, 0.1) is 5.69 Å². The Bertz CT molecular complexity index is 430. The molecule has 0 saturated carbocycles. The molecule has 0 bridgehead atoms. The highest BCUT2D eigenvalue weighted by atomic mass is 19.1. The minimum absolute atomic E-state index is 0.111. The summed E-state index contributed by atoms with van der Waals surface area (Å²) < 4.78 is 26.0. The number of nitrogens with two attached hydrogens (primary N) is 1. The fourth-order valence-electron chi connectivity index (χ4n) is 1.10. The largest absolute Gasteiger partial charge is 0.396 e. The number of nitrogens with one attached hydrogen (secondary N) is 1. The van der Waals surface area contributed by atoms with Crippen molar-refractivity contribution in [3.63, 3.8) is 0 Å². The highest BCUT2D eigenvalue weighted by Crippen LogP contribution is 2.17. The number of halogens is 2. The first-order valence-corrected chi connectivity index (χ1v) is 4.66. The predicted octanol–water partition coefficient (Wildman–Crippen LogP) is 1.70. The Morgan fingerprint density at radius 3 is 2.75 bits per heavy atom. The van der Waals surface area contributed by atoms with Crippen LogP contribution < -0.4 is 11.1 Å². The number of hydrogen-bond acceptors (Lipinski definition) is 2. The molecule has 0 heterocycles. The van der Waals surface area contributed by atoms with Crippen LogP contribution in [0.3, 0.4) is 0 Å². The van der Waals surface area contributed by atoms with Crippen LogP contribution >= 0.6 is 0 Å². The third-order valence-electron chi connectivity index (χ3n) is 1.88. The molecule has 1 aromatic rings. The lowest BCUT2D eigenvalue weighted by molar-refractivity contribution is -0.118. The van der Waals surface area contributed by atoms with E-state index in [4.69, 9.17) is 5.73 Å². The summed E-state index contributed by atoms with van der Waals surface area (Å²) in [6, 6.07) is 1.93. The number of rotatable bonds is 3. The van der Waals surface area contributed by atoms with Gasteiger partial charge in [-0.3, -0.25) is 4.79 Å². The maximum atomic E-state index is 13.2. The molecular weight excluding hydrogens is 214 g/mol. The predicted molar refractivity (Wildman–Crippen MR) is 58.5 cm³/mol. The van der Waals surface area contributed by atoms with E-state index in [0.717, 1.165) is 6.07 Å². The Labute approximate surface area is 91.9 Å². The zero-order valence-corrected chi connectivity index (χ0v) is 8.76. The molecule has 3 N–H and O–H groups in total. The van der Waals surface area contributed by atoms with E-state index in [1.165, 1.54) is 19.1 Å². The average Bonchev–Trinajstić information content (AvgIpc) is 2.19. The SMILES string of the molecule is CC(=O)NCC=Cc1cc(N)c(F)cc1F. The molecule has 5 heteroatoms. The van der Waals surface area contributed by atoms with Gasteiger partial charge >= 0.3 is 0 Å². The smallest absolute Gasteiger partial charge is 0.217 e. The molecule has 0 aliphatic heterocycles. The van der Waals surface area contributed by atoms with Crippen molar-refractivity contribution < 1.29 is 13.6 Å². The number of carbonyl (C=O) groups is 1. The molecule has 1 amide bonds. The molecular formula is C11H12F2N2O. The van der Waals surface area contributed by atoms with E-state index in [0.29, 0.717) is 0 Å². The van der Waals surface area contributed by atoms with Crippen LogP contribution in [0, 0.1) is 11.6 Å². The number of hydrogen-bond donors (Lipinski definition) is 2. The van der Waals surface area contributed by atoms with E-state index in [2.05, 4.69) is 5.32 Å². The molecule has 0 saturated heterocycles. The molecule has 0 spiro atoms. The summed E-state index contributed by atoms with van der Waals surface area (Å²) >= 11 is 0. The van der Waals surface area contributed by atoms with Crippen molar-refractivity contribution in [3.05, 3.63) is 35.4 Å². The second-order valence-corrected chi connectivity index (χ2v) is 3.23. The van der Waals surface area contributed by atoms with Crippen molar-refractivity contribution >= 4 is 17.7 Å². The average molecular weight is 226 g/mol. The van der Waals surface area contributed by atoms with E-state index in [1.54, 1.807) is 6.08 Å². The molecule has 1 aromatic carbocycles. The topological polar surface area (TPSA) is 55.1 Å². The van der Waals surface area contributed by atoms with Crippen molar-refractivity contribution in [2.45, 2.75) is 6.92 Å². The third-order valence-corrected chi connectivity index (χ3v) is 1.88. The van der Waals surface area contributed by atoms with Crippen LogP contribution in [0.15, 0.2) is 18.2 Å². The number of nitrogen functional groups attached to an aromatic ring is 1. The molecule has 0 radical (unpaired) electrons. The van der Waals surface area contributed by atoms with E-state index in [1.807, 2.05) is 0 Å². The fraction of sp³-hybridized carbons (Fsp3) is 0.182. The van der Waals surface area contributed by atoms with Gasteiger partial charge in [-0.05, 0) is 6.07 Å². The van der Waals surface area contributed by atoms with Gasteiger partial charge in [0.1, 0.15) is 11.6 Å². The maximum Gasteiger partial charge on any atom is 0.217 e. The Morgan fingerprint density at radius 2 is 2.12 bits per heavy atom. The van der Waals surface area contributed by atoms with Gasteiger partial charge in [0.15, 0.2) is 0 Å². The Hall–Kier alpha value is -1.91. The van der Waals surface area contributed by atoms with Gasteiger partial charge in [0.2, 0.25) is 5.91 Å². The molecule has 1 rings (SSSR count). The summed E-state index contributed by atoms with van der Waals surface area (Å²) in [6.45, 7) is 1.66. The molecule has 0 aliphatic carbocycles. The summed E-state index contributed by atoms with van der Waals surface area (Å²) in [5.74, 6) is -1.65. The van der Waals surface area contributed by atoms with Crippen molar-refractivity contribution in [3.8, 4) is 0 Å². The molecule has 86 valence electrons. The minimum Gasteiger partial charge on any atom is -0.396 e. The van der Waals surface area contributed by atoms with Crippen molar-refractivity contribution in [1.29, 1.82) is 0 Å². The van der Waals surface area contributed by atoms with Gasteiger partial charge in [-0.1, -0.05) is 12.2 Å². The zero-order valence-electron chi connectivity index (χ0n) is 8.76. The lowest BCUT2D eigenvalue weighted by atomic mass is 10.1. The molecule has 0 aliphatic rings. The third kappa shape index (κ3) is 3.34. The Kier molecular flexibility index (Phi) is 3.99. The van der Waals surface area contributed by atoms with Gasteiger partial charge < -0.3 is 11.1 Å². The molecule has 16 heavy (non-hydrogen) atoms. The first-order valence-electron chi connectivity index (χ1n) is 4.66. The van der Waals surface area contributed by atoms with Crippen LogP contribution in [0.2, 0.25) is 0 Å². The second-order valence-electron chi connectivity index (χ2n) is 3.23. The number of anilines is 1. The molecule has 0 aromatic heterocycles. The van der Waals surface area contributed by atoms with Crippen LogP contribution in [-0.2, 0) is 4.79 Å². The zero-order chi connectivity index (χ0) is 12.1. The molecule has 0 atom stereocenters. The van der Waals surface area contributed by atoms with Crippen molar-refractivity contribution in [2.75, 3.05) is 12.3 Å². The maximum absolute atomic E-state index is 13.2. The number of benzene rings is 1.